The highest BCUT2D eigenvalue weighted by molar-refractivity contribution is 6.00. The summed E-state index contributed by atoms with van der Waals surface area (Å²) in [7, 11) is 9.57. The minimum absolute atomic E-state index is 0.0529. The van der Waals surface area contributed by atoms with Gasteiger partial charge in [-0.25, -0.2) is 0 Å². The molecule has 0 spiro atoms. The fraction of sp³-hybridized carbons (Fsp3) is 0.806. The van der Waals surface area contributed by atoms with Crippen LogP contribution < -0.4 is 21.3 Å². The van der Waals surface area contributed by atoms with Gasteiger partial charge in [-0.05, 0) is 116 Å². The number of likely N-dealkylation sites (N-methyl/N-ethyl adjacent to an activating group) is 7. The van der Waals surface area contributed by atoms with Crippen LogP contribution in [0.1, 0.15) is 170 Å². The first kappa shape index (κ1) is 84.8. The average molecular weight is 1320 g/mol. The molecule has 534 valence electrons. The number of aliphatic hydroxyl groups is 2. The molecule has 1 saturated heterocycles. The maximum atomic E-state index is 15.3. The van der Waals surface area contributed by atoms with Crippen LogP contribution in [0, 0.1) is 35.5 Å². The minimum atomic E-state index is -1.69. The number of nitrogens with one attached hydrogen (secondary N) is 4. The quantitative estimate of drug-likeness (QED) is 0.0546. The Labute approximate surface area is 555 Å². The lowest BCUT2D eigenvalue weighted by Crippen LogP contribution is -2.64. The Bertz CT molecular complexity index is 2530. The minimum Gasteiger partial charge on any atom is -0.394 e. The van der Waals surface area contributed by atoms with Gasteiger partial charge >= 0.3 is 0 Å². The number of nitrogens with zero attached hydrogens (tertiary/aromatic N) is 7. The van der Waals surface area contributed by atoms with Crippen molar-refractivity contribution < 1.29 is 72.4 Å². The molecule has 1 aliphatic rings. The Morgan fingerprint density at radius 2 is 0.989 bits per heavy atom. The van der Waals surface area contributed by atoms with Crippen molar-refractivity contribution >= 4 is 65.0 Å². The molecule has 26 heteroatoms. The highest BCUT2D eigenvalue weighted by Crippen LogP contribution is 2.27. The fourth-order valence-electron chi connectivity index (χ4n) is 11.4. The molecule has 13 atom stereocenters. The van der Waals surface area contributed by atoms with Crippen LogP contribution >= 0.6 is 0 Å². The van der Waals surface area contributed by atoms with Crippen molar-refractivity contribution in [1.29, 1.82) is 0 Å². The van der Waals surface area contributed by atoms with Crippen LogP contribution in [0.2, 0.25) is 0 Å². The summed E-state index contributed by atoms with van der Waals surface area (Å²) in [6, 6.07) is -15.0. The third kappa shape index (κ3) is 24.2. The molecule has 26 nitrogen and oxygen atoms in total. The lowest BCUT2D eigenvalue weighted by atomic mass is 9.91. The molecule has 0 radical (unpaired) electrons. The first-order valence-electron chi connectivity index (χ1n) is 33.2. The van der Waals surface area contributed by atoms with Crippen molar-refractivity contribution in [3.63, 3.8) is 0 Å². The molecule has 1 aliphatic heterocycles. The molecule has 11 amide bonds. The van der Waals surface area contributed by atoms with Gasteiger partial charge < -0.3 is 75.3 Å². The van der Waals surface area contributed by atoms with Gasteiger partial charge in [0, 0.05) is 62.4 Å². The van der Waals surface area contributed by atoms with Crippen molar-refractivity contribution in [1.82, 2.24) is 55.6 Å². The summed E-state index contributed by atoms with van der Waals surface area (Å²) in [5.41, 5.74) is -1.20. The molecule has 1 heterocycles. The molecule has 0 aromatic rings. The van der Waals surface area contributed by atoms with E-state index in [4.69, 9.17) is 9.47 Å². The monoisotopic (exact) mass is 1320 g/mol. The highest BCUT2D eigenvalue weighted by Gasteiger charge is 2.47. The molecule has 0 aromatic carbocycles. The van der Waals surface area contributed by atoms with Crippen molar-refractivity contribution in [2.45, 2.75) is 248 Å². The summed E-state index contributed by atoms with van der Waals surface area (Å²) in [4.78, 5) is 171. The summed E-state index contributed by atoms with van der Waals surface area (Å²) in [6.07, 6.45) is 2.78. The molecule has 0 unspecified atom stereocenters. The topological polar surface area (TPSA) is 317 Å². The molecule has 0 bridgehead atoms. The number of aliphatic hydroxyl groups excluding tert-OH is 2. The van der Waals surface area contributed by atoms with Crippen molar-refractivity contribution in [3.05, 3.63) is 12.2 Å². The van der Waals surface area contributed by atoms with Gasteiger partial charge in [-0.15, -0.1) is 0 Å². The standard InChI is InChI=1S/C67H121N11O15/c1-26-29-30-43(14)55(80)54-59(84)70-46(27-2)61(86)76(23)51(36-79)64(89)75(22)50(35-67(17,18)93-37-92-28-3)58(83)71-52(41(10)11)65(90)73(20)48(33-39(6)7)57(82)68-44(15)56(81)69-45(16)60(85)74(21)49(34-40(8)9)63(88)72(19)47(32-31-38(4)5)62(87)77(24)53(42(12)13)66(91)78(54)25/h26,29,38-55,79-80H,27-28,30-37H2,1-25H3,(H,68,82)(H,69,81)(H,70,84)(H,71,83)/b29-26+/t43-,44-,45+,46+,47+,48-,49+,50+,51-,52-,53+,54+,55-/m1/s1. The smallest absolute Gasteiger partial charge is 0.248 e. The number of hydrogen-bond acceptors (Lipinski definition) is 15. The molecular formula is C67H121N11O15. The molecule has 1 rings (SSSR count). The largest absolute Gasteiger partial charge is 0.394 e. The molecule has 1 fully saturated rings. The van der Waals surface area contributed by atoms with E-state index in [1.807, 2.05) is 41.5 Å². The van der Waals surface area contributed by atoms with Gasteiger partial charge in [-0.3, -0.25) is 52.7 Å². The van der Waals surface area contributed by atoms with E-state index in [1.54, 1.807) is 81.4 Å². The maximum absolute atomic E-state index is 15.3. The van der Waals surface area contributed by atoms with Gasteiger partial charge in [-0.1, -0.05) is 95.2 Å². The molecule has 0 aromatic heterocycles. The summed E-state index contributed by atoms with van der Waals surface area (Å²) in [5.74, 6) is -10.6. The lowest BCUT2D eigenvalue weighted by molar-refractivity contribution is -0.158. The highest BCUT2D eigenvalue weighted by atomic mass is 16.7. The molecule has 93 heavy (non-hydrogen) atoms. The van der Waals surface area contributed by atoms with Crippen molar-refractivity contribution in [2.75, 3.05) is 69.3 Å². The van der Waals surface area contributed by atoms with E-state index < -0.39 is 168 Å². The van der Waals surface area contributed by atoms with Crippen molar-refractivity contribution in [3.8, 4) is 0 Å². The molecule has 0 saturated carbocycles. The Hall–Kier alpha value is -6.25. The fourth-order valence-corrected chi connectivity index (χ4v) is 11.4. The number of carbonyl (C=O) groups is 11. The number of amides is 11. The first-order valence-corrected chi connectivity index (χ1v) is 33.2. The Morgan fingerprint density at radius 3 is 1.48 bits per heavy atom. The van der Waals surface area contributed by atoms with Gasteiger partial charge in [0.05, 0.1) is 18.3 Å². The molecule has 0 aliphatic carbocycles. The summed E-state index contributed by atoms with van der Waals surface area (Å²) in [6.45, 7) is 30.2. The number of ether oxygens (including phenoxy) is 2. The van der Waals surface area contributed by atoms with Crippen LogP contribution in [0.25, 0.3) is 0 Å². The Balaban J connectivity index is 4.53. The zero-order valence-electron chi connectivity index (χ0n) is 61.0. The summed E-state index contributed by atoms with van der Waals surface area (Å²) < 4.78 is 11.5. The zero-order chi connectivity index (χ0) is 72.0. The van der Waals surface area contributed by atoms with Crippen LogP contribution in [0.15, 0.2) is 12.2 Å². The summed E-state index contributed by atoms with van der Waals surface area (Å²) in [5, 5.41) is 34.2. The Morgan fingerprint density at radius 1 is 0.516 bits per heavy atom. The number of hydrogen-bond donors (Lipinski definition) is 6. The zero-order valence-corrected chi connectivity index (χ0v) is 61.0. The van der Waals surface area contributed by atoms with Gasteiger partial charge in [0.25, 0.3) is 0 Å². The predicted molar refractivity (Wildman–Crippen MR) is 356 cm³/mol. The van der Waals surface area contributed by atoms with Crippen LogP contribution in [-0.4, -0.2) is 257 Å². The van der Waals surface area contributed by atoms with Crippen LogP contribution in [-0.2, 0) is 62.2 Å². The number of rotatable bonds is 21. The van der Waals surface area contributed by atoms with Crippen LogP contribution in [0.3, 0.4) is 0 Å². The van der Waals surface area contributed by atoms with E-state index in [-0.39, 0.29) is 63.1 Å². The third-order valence-corrected chi connectivity index (χ3v) is 17.6. The SMILES string of the molecule is C/C=C/C[C@@H](C)[C@@H](O)[C@H]1C(=O)N[C@@H](CC)C(=O)N(C)[C@H](CO)C(=O)N(C)[C@@H](CC(C)(C)OCOCC)C(=O)N[C@H](C(C)C)C(=O)N(C)[C@H](CC(C)C)C(=O)N[C@H](C)C(=O)N[C@@H](C)C(=O)N(C)[C@@H](CC(C)C)C(=O)N(C)[C@@H](CCC(C)C)C(=O)N(C)[C@@H](C(C)C)C(=O)N1C. The average Bonchev–Trinajstić information content (AvgIpc) is 0.837. The van der Waals surface area contributed by atoms with E-state index in [9.17, 15) is 43.8 Å². The van der Waals surface area contributed by atoms with Crippen LogP contribution in [0.5, 0.6) is 0 Å². The molecule has 6 N–H and O–H groups in total. The van der Waals surface area contributed by atoms with E-state index >= 15 is 19.2 Å². The number of allylic oxidation sites excluding steroid dienone is 2. The van der Waals surface area contributed by atoms with Crippen molar-refractivity contribution in [2.24, 2.45) is 35.5 Å². The second-order valence-corrected chi connectivity index (χ2v) is 27.9. The van der Waals surface area contributed by atoms with E-state index in [0.29, 0.717) is 13.0 Å². The van der Waals surface area contributed by atoms with Gasteiger partial charge in [0.1, 0.15) is 73.3 Å². The predicted octanol–water partition coefficient (Wildman–Crippen LogP) is 3.15. The molecular weight excluding hydrogens is 1200 g/mol. The van der Waals surface area contributed by atoms with E-state index in [1.165, 1.54) is 82.8 Å². The van der Waals surface area contributed by atoms with E-state index in [0.717, 1.165) is 14.7 Å². The second kappa shape index (κ2) is 38.9. The maximum Gasteiger partial charge on any atom is 0.248 e. The lowest BCUT2D eigenvalue weighted by Gasteiger charge is -2.41. The summed E-state index contributed by atoms with van der Waals surface area (Å²) >= 11 is 0. The first-order chi connectivity index (χ1) is 43.0. The van der Waals surface area contributed by atoms with Gasteiger partial charge in [-0.2, -0.15) is 0 Å². The van der Waals surface area contributed by atoms with Gasteiger partial charge in [0.15, 0.2) is 0 Å². The normalized spacial score (nSPS) is 26.6. The third-order valence-electron chi connectivity index (χ3n) is 17.6. The van der Waals surface area contributed by atoms with E-state index in [2.05, 4.69) is 21.3 Å². The number of carbonyl (C=O) groups excluding carboxylic acids is 11. The Kier molecular flexibility index (Phi) is 35.5. The second-order valence-electron chi connectivity index (χ2n) is 27.9. The van der Waals surface area contributed by atoms with Gasteiger partial charge in [0.2, 0.25) is 65.0 Å². The van der Waals surface area contributed by atoms with Crippen LogP contribution in [0.4, 0.5) is 0 Å².